The van der Waals surface area contributed by atoms with Gasteiger partial charge < -0.3 is 9.64 Å². The van der Waals surface area contributed by atoms with E-state index in [0.717, 1.165) is 17.7 Å². The van der Waals surface area contributed by atoms with Crippen molar-refractivity contribution in [3.05, 3.63) is 71.4 Å². The molecule has 132 valence electrons. The molecule has 1 aliphatic rings. The molecular formula is C21H19NO4. The monoisotopic (exact) mass is 349 g/mol. The van der Waals surface area contributed by atoms with Crippen LogP contribution in [0, 0.1) is 0 Å². The van der Waals surface area contributed by atoms with Gasteiger partial charge in [0.1, 0.15) is 0 Å². The minimum Gasteiger partial charge on any atom is -0.465 e. The highest BCUT2D eigenvalue weighted by Gasteiger charge is 2.23. The summed E-state index contributed by atoms with van der Waals surface area (Å²) in [6, 6.07) is 14.5. The van der Waals surface area contributed by atoms with Gasteiger partial charge in [0.2, 0.25) is 5.78 Å². The molecular weight excluding hydrogens is 330 g/mol. The van der Waals surface area contributed by atoms with Crippen molar-refractivity contribution in [3.63, 3.8) is 0 Å². The topological polar surface area (TPSA) is 63.7 Å². The van der Waals surface area contributed by atoms with Crippen LogP contribution < -0.4 is 4.90 Å². The first-order chi connectivity index (χ1) is 12.5. The number of hydrogen-bond acceptors (Lipinski definition) is 5. The smallest absolute Gasteiger partial charge is 0.337 e. The Morgan fingerprint density at radius 1 is 1.04 bits per heavy atom. The highest BCUT2D eigenvalue weighted by atomic mass is 16.5. The molecule has 1 aliphatic heterocycles. The number of carbonyl (C=O) groups is 3. The highest BCUT2D eigenvalue weighted by Crippen LogP contribution is 2.31. The molecule has 0 fully saturated rings. The van der Waals surface area contributed by atoms with E-state index in [0.29, 0.717) is 23.2 Å². The number of fused-ring (bicyclic) bond motifs is 1. The Morgan fingerprint density at radius 2 is 1.77 bits per heavy atom. The summed E-state index contributed by atoms with van der Waals surface area (Å²) in [5.74, 6) is -1.39. The fourth-order valence-electron chi connectivity index (χ4n) is 3.03. The van der Waals surface area contributed by atoms with E-state index in [1.807, 2.05) is 47.4 Å². The molecule has 0 unspecified atom stereocenters. The van der Waals surface area contributed by atoms with Gasteiger partial charge in [-0.1, -0.05) is 30.3 Å². The first kappa shape index (κ1) is 17.6. The van der Waals surface area contributed by atoms with Crippen LogP contribution in [0.3, 0.4) is 0 Å². The summed E-state index contributed by atoms with van der Waals surface area (Å²) in [5.41, 5.74) is 3.49. The standard InChI is InChI=1S/C21H19NO4/c1-14(23)20(24)18(15-6-4-3-5-7-15)13-22-11-10-16-12-17(21(25)26-2)8-9-19(16)22/h3-9,12-13H,10-11H2,1-2H3/b18-13+. The van der Waals surface area contributed by atoms with Crippen molar-refractivity contribution >= 4 is 28.8 Å². The molecule has 26 heavy (non-hydrogen) atoms. The van der Waals surface area contributed by atoms with Crippen LogP contribution in [0.5, 0.6) is 0 Å². The van der Waals surface area contributed by atoms with Gasteiger partial charge in [-0.2, -0.15) is 0 Å². The minimum absolute atomic E-state index is 0.364. The lowest BCUT2D eigenvalue weighted by atomic mass is 10.0. The van der Waals surface area contributed by atoms with E-state index in [1.165, 1.54) is 14.0 Å². The highest BCUT2D eigenvalue weighted by molar-refractivity contribution is 6.53. The van der Waals surface area contributed by atoms with Crippen molar-refractivity contribution < 1.29 is 19.1 Å². The predicted molar refractivity (Wildman–Crippen MR) is 98.9 cm³/mol. The van der Waals surface area contributed by atoms with Gasteiger partial charge in [-0.25, -0.2) is 4.79 Å². The molecule has 0 radical (unpaired) electrons. The van der Waals surface area contributed by atoms with Crippen LogP contribution in [-0.2, 0) is 20.7 Å². The normalized spacial score (nSPS) is 13.3. The predicted octanol–water partition coefficient (Wildman–Crippen LogP) is 3.03. The van der Waals surface area contributed by atoms with Gasteiger partial charge in [0.15, 0.2) is 5.78 Å². The number of ether oxygens (including phenoxy) is 1. The summed E-state index contributed by atoms with van der Waals surface area (Å²) in [7, 11) is 1.35. The van der Waals surface area contributed by atoms with E-state index in [-0.39, 0.29) is 5.97 Å². The number of anilines is 1. The Morgan fingerprint density at radius 3 is 2.42 bits per heavy atom. The molecule has 0 atom stereocenters. The van der Waals surface area contributed by atoms with Gasteiger partial charge in [0.25, 0.3) is 0 Å². The number of benzene rings is 2. The van der Waals surface area contributed by atoms with Gasteiger partial charge in [-0.3, -0.25) is 9.59 Å². The van der Waals surface area contributed by atoms with Crippen molar-refractivity contribution in [2.75, 3.05) is 18.6 Å². The molecule has 0 aromatic heterocycles. The average Bonchev–Trinajstić information content (AvgIpc) is 3.07. The van der Waals surface area contributed by atoms with Gasteiger partial charge in [0, 0.05) is 30.9 Å². The summed E-state index contributed by atoms with van der Waals surface area (Å²) in [6.45, 7) is 1.95. The summed E-state index contributed by atoms with van der Waals surface area (Å²) < 4.78 is 4.76. The number of nitrogens with zero attached hydrogens (tertiary/aromatic N) is 1. The van der Waals surface area contributed by atoms with Gasteiger partial charge in [-0.15, -0.1) is 0 Å². The van der Waals surface area contributed by atoms with Crippen LogP contribution in [0.2, 0.25) is 0 Å². The third-order valence-corrected chi connectivity index (χ3v) is 4.37. The lowest BCUT2D eigenvalue weighted by molar-refractivity contribution is -0.131. The lowest BCUT2D eigenvalue weighted by Gasteiger charge is -2.17. The quantitative estimate of drug-likeness (QED) is 0.472. The second-order valence-electron chi connectivity index (χ2n) is 6.07. The lowest BCUT2D eigenvalue weighted by Crippen LogP contribution is -2.18. The van der Waals surface area contributed by atoms with Gasteiger partial charge in [-0.05, 0) is 35.7 Å². The van der Waals surface area contributed by atoms with Crippen LogP contribution in [0.15, 0.2) is 54.7 Å². The third-order valence-electron chi connectivity index (χ3n) is 4.37. The Labute approximate surface area is 151 Å². The maximum absolute atomic E-state index is 12.4. The average molecular weight is 349 g/mol. The second kappa shape index (κ2) is 7.35. The third kappa shape index (κ3) is 3.42. The van der Waals surface area contributed by atoms with E-state index in [4.69, 9.17) is 4.74 Å². The first-order valence-corrected chi connectivity index (χ1v) is 8.31. The molecule has 5 nitrogen and oxygen atoms in total. The van der Waals surface area contributed by atoms with Crippen LogP contribution in [-0.4, -0.2) is 31.2 Å². The molecule has 0 amide bonds. The van der Waals surface area contributed by atoms with E-state index in [9.17, 15) is 14.4 Å². The number of hydrogen-bond donors (Lipinski definition) is 0. The van der Waals surface area contributed by atoms with E-state index in [2.05, 4.69) is 0 Å². The van der Waals surface area contributed by atoms with Crippen molar-refractivity contribution in [1.82, 2.24) is 0 Å². The fourth-order valence-corrected chi connectivity index (χ4v) is 3.03. The number of carbonyl (C=O) groups excluding carboxylic acids is 3. The molecule has 0 bridgehead atoms. The number of rotatable bonds is 5. The van der Waals surface area contributed by atoms with E-state index in [1.54, 1.807) is 12.3 Å². The van der Waals surface area contributed by atoms with Crippen molar-refractivity contribution in [1.29, 1.82) is 0 Å². The number of esters is 1. The minimum atomic E-state index is -0.518. The van der Waals surface area contributed by atoms with Crippen molar-refractivity contribution in [2.45, 2.75) is 13.3 Å². The SMILES string of the molecule is COC(=O)c1ccc2c(c1)CCN2/C=C(/C(=O)C(C)=O)c1ccccc1. The van der Waals surface area contributed by atoms with E-state index < -0.39 is 11.6 Å². The fraction of sp³-hybridized carbons (Fsp3) is 0.190. The summed E-state index contributed by atoms with van der Waals surface area (Å²) in [5, 5.41) is 0. The Kier molecular flexibility index (Phi) is 4.98. The molecule has 5 heteroatoms. The van der Waals surface area contributed by atoms with Gasteiger partial charge >= 0.3 is 5.97 Å². The van der Waals surface area contributed by atoms with Crippen molar-refractivity contribution in [2.24, 2.45) is 0 Å². The maximum atomic E-state index is 12.4. The number of allylic oxidation sites excluding steroid dienone is 1. The first-order valence-electron chi connectivity index (χ1n) is 8.31. The summed E-state index contributed by atoms with van der Waals surface area (Å²) in [6.07, 6.45) is 2.47. The molecule has 0 saturated carbocycles. The molecule has 0 saturated heterocycles. The number of methoxy groups -OCH3 is 1. The van der Waals surface area contributed by atoms with Crippen LogP contribution in [0.25, 0.3) is 5.57 Å². The zero-order chi connectivity index (χ0) is 18.7. The number of ketones is 2. The number of Topliss-reactive ketones (excluding diaryl/α,β-unsaturated/α-hetero) is 2. The summed E-state index contributed by atoms with van der Waals surface area (Å²) >= 11 is 0. The van der Waals surface area contributed by atoms with Gasteiger partial charge in [0.05, 0.1) is 12.7 Å². The molecule has 0 N–H and O–H groups in total. The molecule has 2 aromatic carbocycles. The molecule has 2 aromatic rings. The van der Waals surface area contributed by atoms with Crippen LogP contribution in [0.1, 0.15) is 28.4 Å². The molecule has 0 spiro atoms. The zero-order valence-electron chi connectivity index (χ0n) is 14.7. The molecule has 1 heterocycles. The van der Waals surface area contributed by atoms with Crippen molar-refractivity contribution in [3.8, 4) is 0 Å². The van der Waals surface area contributed by atoms with Crippen LogP contribution >= 0.6 is 0 Å². The molecule has 3 rings (SSSR count). The maximum Gasteiger partial charge on any atom is 0.337 e. The Balaban J connectivity index is 2.00. The zero-order valence-corrected chi connectivity index (χ0v) is 14.7. The Hall–Kier alpha value is -3.21. The summed E-state index contributed by atoms with van der Waals surface area (Å²) in [4.78, 5) is 37.7. The Bertz CT molecular complexity index is 899. The van der Waals surface area contributed by atoms with E-state index >= 15 is 0 Å². The second-order valence-corrected chi connectivity index (χ2v) is 6.07. The molecule has 0 aliphatic carbocycles. The largest absolute Gasteiger partial charge is 0.465 e. The van der Waals surface area contributed by atoms with Crippen LogP contribution in [0.4, 0.5) is 5.69 Å².